The van der Waals surface area contributed by atoms with Crippen LogP contribution in [-0.4, -0.2) is 47.1 Å². The Kier molecular flexibility index (Phi) is 4.99. The number of ether oxygens (including phenoxy) is 1. The fraction of sp³-hybridized carbons (Fsp3) is 0.350. The first-order valence-corrected chi connectivity index (χ1v) is 11.1. The van der Waals surface area contributed by atoms with Gasteiger partial charge in [-0.25, -0.2) is 8.42 Å². The van der Waals surface area contributed by atoms with E-state index in [-0.39, 0.29) is 29.9 Å². The molecule has 0 amide bonds. The molecule has 1 aliphatic heterocycles. The van der Waals surface area contributed by atoms with Crippen molar-refractivity contribution in [3.05, 3.63) is 53.7 Å². The molecule has 0 radical (unpaired) electrons. The lowest BCUT2D eigenvalue weighted by molar-refractivity contribution is 0.0920. The number of nitrogens with zero attached hydrogens (tertiary/aromatic N) is 3. The van der Waals surface area contributed by atoms with Gasteiger partial charge in [0, 0.05) is 28.6 Å². The van der Waals surface area contributed by atoms with Gasteiger partial charge in [0.05, 0.1) is 11.5 Å². The highest BCUT2D eigenvalue weighted by Gasteiger charge is 2.31. The third-order valence-corrected chi connectivity index (χ3v) is 6.94. The highest BCUT2D eigenvalue weighted by Crippen LogP contribution is 2.29. The van der Waals surface area contributed by atoms with Crippen LogP contribution in [-0.2, 0) is 9.84 Å². The summed E-state index contributed by atoms with van der Waals surface area (Å²) < 4.78 is 36.4. The average Bonchev–Trinajstić information content (AvgIpc) is 3.40. The van der Waals surface area contributed by atoms with Gasteiger partial charge in [0.25, 0.3) is 0 Å². The number of carbonyl (C=O) groups is 1. The minimum atomic E-state index is -3.00. The van der Waals surface area contributed by atoms with Crippen LogP contribution >= 0.6 is 0 Å². The molecule has 0 N–H and O–H groups in total. The summed E-state index contributed by atoms with van der Waals surface area (Å²) in [6.07, 6.45) is 1.84. The summed E-state index contributed by atoms with van der Waals surface area (Å²) in [5.41, 5.74) is 2.99. The van der Waals surface area contributed by atoms with Crippen molar-refractivity contribution in [1.29, 1.82) is 0 Å². The molecule has 1 aliphatic rings. The van der Waals surface area contributed by atoms with Crippen LogP contribution in [0.25, 0.3) is 11.5 Å². The van der Waals surface area contributed by atoms with Crippen molar-refractivity contribution in [1.82, 2.24) is 14.8 Å². The summed E-state index contributed by atoms with van der Waals surface area (Å²) >= 11 is 0. The summed E-state index contributed by atoms with van der Waals surface area (Å²) in [6.45, 7) is 3.64. The summed E-state index contributed by atoms with van der Waals surface area (Å²) in [5.74, 6) is 1.14. The zero-order valence-corrected chi connectivity index (χ0v) is 17.0. The second-order valence-corrected chi connectivity index (χ2v) is 9.42. The quantitative estimate of drug-likeness (QED) is 0.570. The predicted molar refractivity (Wildman–Crippen MR) is 106 cm³/mol. The van der Waals surface area contributed by atoms with Crippen molar-refractivity contribution >= 4 is 15.6 Å². The van der Waals surface area contributed by atoms with Crippen LogP contribution in [0.4, 0.5) is 0 Å². The third-order valence-electron chi connectivity index (χ3n) is 5.19. The van der Waals surface area contributed by atoms with Gasteiger partial charge in [-0.15, -0.1) is 10.2 Å². The van der Waals surface area contributed by atoms with Crippen LogP contribution in [0.1, 0.15) is 34.2 Å². The second kappa shape index (κ2) is 7.47. The Morgan fingerprint density at radius 3 is 2.66 bits per heavy atom. The molecule has 0 spiro atoms. The molecule has 0 saturated carbocycles. The molecule has 3 aromatic rings. The van der Waals surface area contributed by atoms with Gasteiger partial charge in [-0.05, 0) is 50.6 Å². The number of hydrogen-bond donors (Lipinski definition) is 0. The smallest absolute Gasteiger partial charge is 0.247 e. The molecule has 3 heterocycles. The maximum Gasteiger partial charge on any atom is 0.247 e. The zero-order valence-electron chi connectivity index (χ0n) is 16.2. The van der Waals surface area contributed by atoms with Crippen LogP contribution in [0, 0.1) is 13.8 Å². The minimum Gasteiger partial charge on any atom is -0.485 e. The zero-order chi connectivity index (χ0) is 20.6. The molecule has 4 rings (SSSR count). The van der Waals surface area contributed by atoms with E-state index in [9.17, 15) is 13.2 Å². The van der Waals surface area contributed by atoms with Crippen molar-refractivity contribution in [3.8, 4) is 17.2 Å². The molecule has 0 bridgehead atoms. The first kappa shape index (κ1) is 19.4. The van der Waals surface area contributed by atoms with Crippen molar-refractivity contribution in [2.75, 3.05) is 18.1 Å². The summed E-state index contributed by atoms with van der Waals surface area (Å²) in [5, 5.41) is 7.48. The molecule has 0 aliphatic carbocycles. The molecule has 29 heavy (non-hydrogen) atoms. The number of Topliss-reactive ketones (excluding diaryl/α,β-unsaturated/α-hetero) is 1. The normalized spacial score (nSPS) is 18.1. The Balaban J connectivity index is 1.44. The van der Waals surface area contributed by atoms with E-state index in [1.807, 2.05) is 24.5 Å². The van der Waals surface area contributed by atoms with E-state index < -0.39 is 9.84 Å². The molecular formula is C20H21N3O5S. The van der Waals surface area contributed by atoms with Gasteiger partial charge in [0.15, 0.2) is 16.4 Å². The molecule has 152 valence electrons. The maximum atomic E-state index is 12.7. The Bertz CT molecular complexity index is 1130. The van der Waals surface area contributed by atoms with E-state index >= 15 is 0 Å². The largest absolute Gasteiger partial charge is 0.485 e. The number of benzene rings is 1. The fourth-order valence-electron chi connectivity index (χ4n) is 3.82. The van der Waals surface area contributed by atoms with E-state index in [0.29, 0.717) is 23.6 Å². The van der Waals surface area contributed by atoms with E-state index in [1.54, 1.807) is 24.3 Å². The van der Waals surface area contributed by atoms with Crippen LogP contribution in [0.3, 0.4) is 0 Å². The van der Waals surface area contributed by atoms with Gasteiger partial charge in [0.2, 0.25) is 18.1 Å². The van der Waals surface area contributed by atoms with Gasteiger partial charge < -0.3 is 13.7 Å². The number of hydrogen-bond acceptors (Lipinski definition) is 7. The Labute approximate surface area is 168 Å². The molecule has 2 aromatic heterocycles. The van der Waals surface area contributed by atoms with Crippen molar-refractivity contribution in [2.45, 2.75) is 26.3 Å². The summed E-state index contributed by atoms with van der Waals surface area (Å²) in [7, 11) is -3.00. The first-order chi connectivity index (χ1) is 13.8. The summed E-state index contributed by atoms with van der Waals surface area (Å²) in [4.78, 5) is 12.7. The second-order valence-electron chi connectivity index (χ2n) is 7.19. The van der Waals surface area contributed by atoms with Gasteiger partial charge in [-0.3, -0.25) is 4.79 Å². The topological polar surface area (TPSA) is 104 Å². The number of aryl methyl sites for hydroxylation is 1. The highest BCUT2D eigenvalue weighted by atomic mass is 32.2. The minimum absolute atomic E-state index is 0.104. The van der Waals surface area contributed by atoms with Crippen LogP contribution < -0.4 is 4.74 Å². The van der Waals surface area contributed by atoms with E-state index in [4.69, 9.17) is 9.15 Å². The number of aromatic nitrogens is 3. The Hall–Kier alpha value is -2.94. The van der Waals surface area contributed by atoms with Gasteiger partial charge >= 0.3 is 0 Å². The lowest BCUT2D eigenvalue weighted by Crippen LogP contribution is -2.16. The summed E-state index contributed by atoms with van der Waals surface area (Å²) in [6, 6.07) is 8.72. The lowest BCUT2D eigenvalue weighted by Gasteiger charge is -2.16. The molecule has 9 heteroatoms. The van der Waals surface area contributed by atoms with Crippen LogP contribution in [0.15, 0.2) is 41.1 Å². The van der Waals surface area contributed by atoms with Crippen LogP contribution in [0.5, 0.6) is 5.75 Å². The van der Waals surface area contributed by atoms with Gasteiger partial charge in [-0.2, -0.15) is 0 Å². The van der Waals surface area contributed by atoms with E-state index in [0.717, 1.165) is 17.0 Å². The molecule has 1 saturated heterocycles. The predicted octanol–water partition coefficient (Wildman–Crippen LogP) is 2.78. The number of rotatable bonds is 6. The monoisotopic (exact) mass is 415 g/mol. The standard InChI is InChI=1S/C20H21N3O5S/c1-13-9-18(14(2)23(13)16-7-8-29(25,26)11-16)19(24)10-27-17-5-3-15(4-6-17)20-22-21-12-28-20/h3-6,9,12,16H,7-8,10-11H2,1-2H3/t16-/m1/s1. The van der Waals surface area contributed by atoms with E-state index in [2.05, 4.69) is 10.2 Å². The molecule has 1 aromatic carbocycles. The fourth-order valence-corrected chi connectivity index (χ4v) is 5.52. The van der Waals surface area contributed by atoms with Gasteiger partial charge in [-0.1, -0.05) is 0 Å². The SMILES string of the molecule is Cc1cc(C(=O)COc2ccc(-c3nnco3)cc2)c(C)n1[C@@H]1CCS(=O)(=O)C1. The van der Waals surface area contributed by atoms with Crippen molar-refractivity contribution in [2.24, 2.45) is 0 Å². The Morgan fingerprint density at radius 1 is 1.28 bits per heavy atom. The third kappa shape index (κ3) is 3.95. The average molecular weight is 415 g/mol. The van der Waals surface area contributed by atoms with Crippen LogP contribution in [0.2, 0.25) is 0 Å². The molecule has 1 fully saturated rings. The van der Waals surface area contributed by atoms with Crippen molar-refractivity contribution < 1.29 is 22.4 Å². The highest BCUT2D eigenvalue weighted by molar-refractivity contribution is 7.91. The van der Waals surface area contributed by atoms with Gasteiger partial charge in [0.1, 0.15) is 5.75 Å². The number of carbonyl (C=O) groups excluding carboxylic acids is 1. The molecule has 8 nitrogen and oxygen atoms in total. The van der Waals surface area contributed by atoms with E-state index in [1.165, 1.54) is 6.39 Å². The maximum absolute atomic E-state index is 12.7. The Morgan fingerprint density at radius 2 is 2.03 bits per heavy atom. The van der Waals surface area contributed by atoms with Crippen molar-refractivity contribution in [3.63, 3.8) is 0 Å². The molecule has 1 atom stereocenters. The number of ketones is 1. The first-order valence-electron chi connectivity index (χ1n) is 9.25. The number of sulfone groups is 1. The molecular weight excluding hydrogens is 394 g/mol. The molecule has 0 unspecified atom stereocenters. The lowest BCUT2D eigenvalue weighted by atomic mass is 10.1.